The van der Waals surface area contributed by atoms with E-state index >= 15 is 0 Å². The third-order valence-electron chi connectivity index (χ3n) is 10.2. The van der Waals surface area contributed by atoms with Crippen LogP contribution in [0.4, 0.5) is 0 Å². The Bertz CT molecular complexity index is 1210. The van der Waals surface area contributed by atoms with Gasteiger partial charge in [0.1, 0.15) is 30.8 Å². The Morgan fingerprint density at radius 1 is 0.554 bits per heavy atom. The number of nitrogens with two attached hydrogens (primary N) is 1. The number of aliphatic carboxylic acids is 1. The molecule has 0 aromatic heterocycles. The van der Waals surface area contributed by atoms with Crippen LogP contribution in [0.3, 0.4) is 0 Å². The topological polar surface area (TPSA) is 259 Å². The Kier molecular flexibility index (Phi) is 50.5. The van der Waals surface area contributed by atoms with Gasteiger partial charge in [-0.2, -0.15) is 0 Å². The third-order valence-corrected chi connectivity index (χ3v) is 10.2. The molecule has 0 fully saturated rings. The van der Waals surface area contributed by atoms with E-state index < -0.39 is 23.8 Å². The quantitative estimate of drug-likeness (QED) is 0.0385. The van der Waals surface area contributed by atoms with Gasteiger partial charge in [-0.05, 0) is 52.9 Å². The third kappa shape index (κ3) is 51.3. The number of ketones is 2. The van der Waals surface area contributed by atoms with Gasteiger partial charge in [-0.3, -0.25) is 28.8 Å². The zero-order valence-corrected chi connectivity index (χ0v) is 41.3. The molecule has 0 spiro atoms. The Hall–Kier alpha value is -3.51. The molecule has 0 heterocycles. The van der Waals surface area contributed by atoms with Gasteiger partial charge in [-0.25, -0.2) is 4.79 Å². The van der Waals surface area contributed by atoms with E-state index in [4.69, 9.17) is 29.8 Å². The number of aliphatic hydroxyl groups excluding tert-OH is 1. The molecule has 4 amide bonds. The van der Waals surface area contributed by atoms with E-state index in [2.05, 4.69) is 22.9 Å². The smallest absolute Gasteiger partial charge is 0.326 e. The van der Waals surface area contributed by atoms with Crippen molar-refractivity contribution in [2.24, 2.45) is 17.6 Å². The van der Waals surface area contributed by atoms with Crippen molar-refractivity contribution < 1.29 is 62.7 Å². The van der Waals surface area contributed by atoms with Crippen molar-refractivity contribution >= 4 is 41.2 Å². The van der Waals surface area contributed by atoms with Gasteiger partial charge in [-0.1, -0.05) is 104 Å². The van der Waals surface area contributed by atoms with Gasteiger partial charge in [0.25, 0.3) is 0 Å². The van der Waals surface area contributed by atoms with Crippen molar-refractivity contribution in [3.05, 3.63) is 0 Å². The Morgan fingerprint density at radius 3 is 1.55 bits per heavy atom. The van der Waals surface area contributed by atoms with E-state index in [1.165, 1.54) is 64.2 Å². The molecule has 17 nitrogen and oxygen atoms in total. The molecule has 0 radical (unpaired) electrons. The molecule has 7 N–H and O–H groups in total. The van der Waals surface area contributed by atoms with Gasteiger partial charge < -0.3 is 50.8 Å². The maximum absolute atomic E-state index is 12.2. The highest BCUT2D eigenvalue weighted by atomic mass is 16.5. The first-order chi connectivity index (χ1) is 31.2. The molecule has 0 saturated carbocycles. The summed E-state index contributed by atoms with van der Waals surface area (Å²) < 4.78 is 20.8. The van der Waals surface area contributed by atoms with Gasteiger partial charge in [0.2, 0.25) is 23.6 Å². The predicted molar refractivity (Wildman–Crippen MR) is 253 cm³/mol. The van der Waals surface area contributed by atoms with Crippen LogP contribution in [0, 0.1) is 11.8 Å². The number of carbonyl (C=O) groups is 7. The van der Waals surface area contributed by atoms with Gasteiger partial charge in [0.15, 0.2) is 0 Å². The second-order valence-electron chi connectivity index (χ2n) is 16.3. The summed E-state index contributed by atoms with van der Waals surface area (Å²) >= 11 is 0. The molecule has 0 aliphatic heterocycles. The van der Waals surface area contributed by atoms with Gasteiger partial charge in [-0.15, -0.1) is 0 Å². The van der Waals surface area contributed by atoms with Crippen molar-refractivity contribution in [1.82, 2.24) is 16.0 Å². The number of rotatable bonds is 43. The highest BCUT2D eigenvalue weighted by Gasteiger charge is 2.21. The lowest BCUT2D eigenvalue weighted by Gasteiger charge is -2.14. The molecule has 0 unspecified atom stereocenters. The van der Waals surface area contributed by atoms with Crippen molar-refractivity contribution in [1.29, 1.82) is 0 Å². The fourth-order valence-corrected chi connectivity index (χ4v) is 5.84. The highest BCUT2D eigenvalue weighted by Crippen LogP contribution is 2.13. The van der Waals surface area contributed by atoms with Gasteiger partial charge in [0.05, 0.1) is 39.0 Å². The summed E-state index contributed by atoms with van der Waals surface area (Å²) in [5.41, 5.74) is 4.75. The zero-order chi connectivity index (χ0) is 49.4. The number of hydrogen-bond donors (Lipinski definition) is 6. The van der Waals surface area contributed by atoms with Crippen LogP contribution in [-0.2, 0) is 52.5 Å². The standard InChI is InChI=1S/C30H56N2O7.C14H27NO4.C4H9NO2/c1-3-5-6-7-8-9-10-11-12-13-14-15-16-19-28(34)32-27(30(36)37)21-20-26(33)18-17-22-38-23-24-39-25-29(35)31-4-2;1-4-18-9-10-19-11-14(17)15-8-6-5-7-12(2)13(3)16;1-3(2-6)4(5)7/h27H,3-25H2,1-2H3,(H,31,35)(H,32,34)(H,36,37);12H,4-11H2,1-3H3,(H,15,17);3,6H,2H2,1H3,(H2,5,7)/t27-;12-;3-/m000/s1. The largest absolute Gasteiger partial charge is 0.480 e. The maximum Gasteiger partial charge on any atom is 0.326 e. The summed E-state index contributed by atoms with van der Waals surface area (Å²) in [4.78, 5) is 79.4. The molecule has 0 aromatic carbocycles. The summed E-state index contributed by atoms with van der Waals surface area (Å²) in [6.45, 7) is 14.9. The van der Waals surface area contributed by atoms with Crippen LogP contribution in [-0.4, -0.2) is 130 Å². The van der Waals surface area contributed by atoms with E-state index in [-0.39, 0.29) is 67.9 Å². The number of carboxylic acid groups (broad SMARTS) is 1. The molecule has 0 bridgehead atoms. The SMILES string of the molecule is CCCCCCCCCCCCCCCC(=O)N[C@@H](CCC(=O)CCCOCCOCC(=O)NCC)C(=O)O.CCOCCOCC(=O)NCCCC[C@H](C)C(C)=O.C[C@@H](CO)C(N)=O. The summed E-state index contributed by atoms with van der Waals surface area (Å²) in [6.07, 6.45) is 20.0. The first kappa shape index (κ1) is 65.8. The molecule has 0 aliphatic rings. The molecule has 0 rings (SSSR count). The Morgan fingerprint density at radius 2 is 1.08 bits per heavy atom. The molecule has 0 aromatic rings. The van der Waals surface area contributed by atoms with E-state index in [0.29, 0.717) is 72.0 Å². The summed E-state index contributed by atoms with van der Waals surface area (Å²) in [7, 11) is 0. The predicted octanol–water partition coefficient (Wildman–Crippen LogP) is 5.99. The van der Waals surface area contributed by atoms with Crippen LogP contribution in [0.2, 0.25) is 0 Å². The monoisotopic (exact) mass is 933 g/mol. The van der Waals surface area contributed by atoms with Crippen molar-refractivity contribution in [2.45, 2.75) is 182 Å². The summed E-state index contributed by atoms with van der Waals surface area (Å²) in [6, 6.07) is -1.04. The fourth-order valence-electron chi connectivity index (χ4n) is 5.84. The van der Waals surface area contributed by atoms with Crippen molar-refractivity contribution in [3.63, 3.8) is 0 Å². The lowest BCUT2D eigenvalue weighted by Crippen LogP contribution is -2.41. The minimum atomic E-state index is -1.11. The van der Waals surface area contributed by atoms with Crippen LogP contribution in [0.15, 0.2) is 0 Å². The van der Waals surface area contributed by atoms with E-state index in [9.17, 15) is 38.7 Å². The van der Waals surface area contributed by atoms with E-state index in [1.807, 2.05) is 20.8 Å². The fraction of sp³-hybridized carbons (Fsp3) is 0.854. The van der Waals surface area contributed by atoms with Crippen LogP contribution >= 0.6 is 0 Å². The molecule has 17 heteroatoms. The average molecular weight is 933 g/mol. The number of nitrogens with one attached hydrogen (secondary N) is 3. The van der Waals surface area contributed by atoms with Crippen molar-refractivity contribution in [2.75, 3.05) is 72.6 Å². The second kappa shape index (κ2) is 49.9. The van der Waals surface area contributed by atoms with Crippen LogP contribution < -0.4 is 21.7 Å². The second-order valence-corrected chi connectivity index (χ2v) is 16.3. The molecular formula is C48H92N4O13. The highest BCUT2D eigenvalue weighted by molar-refractivity contribution is 5.84. The Balaban J connectivity index is -0.00000121. The normalized spacial score (nSPS) is 12.0. The number of aliphatic hydroxyl groups is 1. The van der Waals surface area contributed by atoms with Crippen molar-refractivity contribution in [3.8, 4) is 0 Å². The van der Waals surface area contributed by atoms with Crippen LogP contribution in [0.1, 0.15) is 176 Å². The van der Waals surface area contributed by atoms with Crippen LogP contribution in [0.25, 0.3) is 0 Å². The van der Waals surface area contributed by atoms with Gasteiger partial charge in [0, 0.05) is 51.5 Å². The molecule has 0 aliphatic carbocycles. The molecular weight excluding hydrogens is 841 g/mol. The van der Waals surface area contributed by atoms with Gasteiger partial charge >= 0.3 is 5.97 Å². The number of primary amides is 1. The lowest BCUT2D eigenvalue weighted by atomic mass is 10.0. The number of unbranched alkanes of at least 4 members (excludes halogenated alkanes) is 13. The average Bonchev–Trinajstić information content (AvgIpc) is 3.27. The number of carboxylic acids is 1. The lowest BCUT2D eigenvalue weighted by molar-refractivity contribution is -0.142. The molecule has 65 heavy (non-hydrogen) atoms. The number of hydrogen-bond acceptors (Lipinski definition) is 12. The maximum atomic E-state index is 12.2. The first-order valence-corrected chi connectivity index (χ1v) is 24.4. The summed E-state index contributed by atoms with van der Waals surface area (Å²) in [5.74, 6) is -2.21. The minimum absolute atomic E-state index is 0.00360. The summed E-state index contributed by atoms with van der Waals surface area (Å²) in [5, 5.41) is 25.6. The Labute approximate surface area is 391 Å². The van der Waals surface area contributed by atoms with Crippen LogP contribution in [0.5, 0.6) is 0 Å². The molecule has 0 saturated heterocycles. The molecule has 3 atom stereocenters. The van der Waals surface area contributed by atoms with E-state index in [0.717, 1.165) is 38.5 Å². The number of Topliss-reactive ketones (excluding diaryl/α,β-unsaturated/α-hetero) is 2. The first-order valence-electron chi connectivity index (χ1n) is 24.4. The number of likely N-dealkylation sites (N-methyl/N-ethyl adjacent to an activating group) is 1. The minimum Gasteiger partial charge on any atom is -0.480 e. The number of carbonyl (C=O) groups excluding carboxylic acids is 6. The van der Waals surface area contributed by atoms with E-state index in [1.54, 1.807) is 13.8 Å². The number of ether oxygens (including phenoxy) is 4. The zero-order valence-electron chi connectivity index (χ0n) is 41.3. The number of amides is 4. The molecule has 382 valence electrons.